The van der Waals surface area contributed by atoms with Gasteiger partial charge in [-0.05, 0) is 55.1 Å². The van der Waals surface area contributed by atoms with Crippen LogP contribution in [0.2, 0.25) is 0 Å². The molecule has 1 spiro atoms. The highest BCUT2D eigenvalue weighted by Gasteiger charge is 2.41. The van der Waals surface area contributed by atoms with Gasteiger partial charge >= 0.3 is 10.8 Å². The van der Waals surface area contributed by atoms with Gasteiger partial charge in [0.1, 0.15) is 16.1 Å². The lowest BCUT2D eigenvalue weighted by atomic mass is 9.89. The quantitative estimate of drug-likeness (QED) is 0.148. The van der Waals surface area contributed by atoms with Gasteiger partial charge in [-0.2, -0.15) is 0 Å². The summed E-state index contributed by atoms with van der Waals surface area (Å²) in [6.07, 6.45) is 1.67. The van der Waals surface area contributed by atoms with E-state index in [1.54, 1.807) is 18.2 Å². The number of benzene rings is 2. The van der Waals surface area contributed by atoms with Gasteiger partial charge in [-0.1, -0.05) is 41.7 Å². The first-order chi connectivity index (χ1) is 22.2. The second kappa shape index (κ2) is 14.0. The normalized spacial score (nSPS) is 17.4. The van der Waals surface area contributed by atoms with Crippen molar-refractivity contribution in [3.63, 3.8) is 0 Å². The number of methoxy groups -OCH3 is 1. The molecule has 4 heterocycles. The first-order valence-electron chi connectivity index (χ1n) is 15.4. The molecule has 13 heteroatoms. The maximum absolute atomic E-state index is 13.2. The van der Waals surface area contributed by atoms with Crippen molar-refractivity contribution in [2.45, 2.75) is 37.5 Å². The molecule has 2 saturated heterocycles. The number of phenols is 1. The maximum atomic E-state index is 13.2. The molecule has 2 aliphatic rings. The molecule has 0 saturated carbocycles. The Bertz CT molecular complexity index is 1760. The molecule has 0 bridgehead atoms. The number of carbonyl (C=O) groups excluding carboxylic acids is 2. The average Bonchev–Trinajstić information content (AvgIpc) is 3.72. The monoisotopic (exact) mass is 666 g/mol. The van der Waals surface area contributed by atoms with Gasteiger partial charge < -0.3 is 34.9 Å². The molecule has 2 fully saturated rings. The predicted octanol–water partition coefficient (Wildman–Crippen LogP) is 3.52. The third-order valence-corrected chi connectivity index (χ3v) is 10.8. The first kappa shape index (κ1) is 32.4. The van der Waals surface area contributed by atoms with Gasteiger partial charge in [0.15, 0.2) is 0 Å². The number of hydrogen-bond donors (Lipinski definition) is 4. The van der Waals surface area contributed by atoms with E-state index in [-0.39, 0.29) is 22.1 Å². The lowest BCUT2D eigenvalue weighted by Gasteiger charge is -2.47. The number of thiazole rings is 1. The van der Waals surface area contributed by atoms with Crippen molar-refractivity contribution in [2.24, 2.45) is 0 Å². The molecule has 2 aromatic heterocycles. The van der Waals surface area contributed by atoms with E-state index in [0.717, 1.165) is 50.2 Å². The summed E-state index contributed by atoms with van der Waals surface area (Å²) < 4.78 is 11.6. The number of morpholine rings is 1. The number of nitrogens with one attached hydrogen (secondary N) is 2. The number of rotatable bonds is 10. The number of hydrogen-bond acceptors (Lipinski definition) is 11. The van der Waals surface area contributed by atoms with Crippen LogP contribution in [0.4, 0.5) is 0 Å². The summed E-state index contributed by atoms with van der Waals surface area (Å²) in [7, 11) is 1.33. The minimum atomic E-state index is -0.809. The molecule has 2 aromatic carbocycles. The van der Waals surface area contributed by atoms with E-state index in [1.807, 2.05) is 4.90 Å². The third kappa shape index (κ3) is 7.19. The maximum Gasteiger partial charge on any atom is 0.348 e. The fraction of sp³-hybridized carbons (Fsp3) is 0.424. The predicted molar refractivity (Wildman–Crippen MR) is 177 cm³/mol. The van der Waals surface area contributed by atoms with Crippen LogP contribution in [0.1, 0.15) is 55.0 Å². The number of aromatic amines is 1. The summed E-state index contributed by atoms with van der Waals surface area (Å²) in [6, 6.07) is 15.0. The van der Waals surface area contributed by atoms with Crippen LogP contribution >= 0.6 is 22.7 Å². The number of amides is 1. The Morgan fingerprint density at radius 1 is 1.09 bits per heavy atom. The molecule has 0 radical (unpaired) electrons. The van der Waals surface area contributed by atoms with E-state index < -0.39 is 12.1 Å². The van der Waals surface area contributed by atoms with Crippen LogP contribution in [-0.2, 0) is 22.4 Å². The van der Waals surface area contributed by atoms with Gasteiger partial charge in [0, 0.05) is 38.3 Å². The number of carbonyl (C=O) groups is 2. The first-order valence-corrected chi connectivity index (χ1v) is 17.0. The number of H-pyrrole nitrogens is 1. The molecule has 4 N–H and O–H groups in total. The molecule has 1 atom stereocenters. The lowest BCUT2D eigenvalue weighted by Crippen LogP contribution is -2.57. The highest BCUT2D eigenvalue weighted by Crippen LogP contribution is 2.33. The van der Waals surface area contributed by atoms with E-state index in [4.69, 9.17) is 9.47 Å². The summed E-state index contributed by atoms with van der Waals surface area (Å²) in [5.41, 5.74) is 3.07. The molecule has 46 heavy (non-hydrogen) atoms. The van der Waals surface area contributed by atoms with Crippen LogP contribution in [0.25, 0.3) is 10.2 Å². The molecule has 4 aromatic rings. The second-order valence-electron chi connectivity index (χ2n) is 11.9. The summed E-state index contributed by atoms with van der Waals surface area (Å²) in [5, 5.41) is 24.1. The molecule has 1 amide bonds. The topological polar surface area (TPSA) is 144 Å². The number of phenolic OH excluding ortho intramolecular Hbond substituents is 1. The van der Waals surface area contributed by atoms with Crippen LogP contribution in [0.5, 0.6) is 5.75 Å². The molecule has 2 aliphatic heterocycles. The SMILES string of the molecule is COC(=O)c1ccc(C(=O)N2CCOC3(CCN(Cc4cccc(CCNC[C@H](O)c5ccc(O)c6[nH]c(=O)sc56)c4)CC3)C2)s1. The average molecular weight is 667 g/mol. The second-order valence-corrected chi connectivity index (χ2v) is 13.9. The standard InChI is InChI=1S/C33H38N4O7S2/c1-43-31(41)27-8-7-26(45-27)30(40)37-15-16-44-33(20-37)10-13-36(14-11-33)19-22-4-2-3-21(17-22)9-12-34-18-25(39)23-5-6-24(38)28-29(23)46-32(42)35-28/h2-8,17,25,34,38-39H,9-16,18-20H2,1H3,(H,35,42)/t25-/m0/s1. The lowest BCUT2D eigenvalue weighted by molar-refractivity contribution is -0.127. The van der Waals surface area contributed by atoms with Crippen LogP contribution in [0.3, 0.4) is 0 Å². The number of esters is 1. The number of aromatic hydroxyl groups is 1. The molecular weight excluding hydrogens is 629 g/mol. The summed E-state index contributed by atoms with van der Waals surface area (Å²) in [4.78, 5) is 44.4. The highest BCUT2D eigenvalue weighted by atomic mass is 32.1. The number of aliphatic hydroxyl groups is 1. The van der Waals surface area contributed by atoms with Crippen molar-refractivity contribution in [1.82, 2.24) is 20.1 Å². The van der Waals surface area contributed by atoms with Crippen LogP contribution in [-0.4, -0.2) is 95.5 Å². The van der Waals surface area contributed by atoms with Crippen molar-refractivity contribution in [2.75, 3.05) is 53.0 Å². The van der Waals surface area contributed by atoms with Gasteiger partial charge in [-0.25, -0.2) is 4.79 Å². The van der Waals surface area contributed by atoms with Crippen molar-refractivity contribution in [3.8, 4) is 5.75 Å². The Kier molecular flexibility index (Phi) is 9.87. The smallest absolute Gasteiger partial charge is 0.348 e. The van der Waals surface area contributed by atoms with Gasteiger partial charge in [-0.15, -0.1) is 11.3 Å². The zero-order valence-corrected chi connectivity index (χ0v) is 27.3. The van der Waals surface area contributed by atoms with E-state index in [1.165, 1.54) is 35.6 Å². The number of fused-ring (bicyclic) bond motifs is 1. The van der Waals surface area contributed by atoms with Crippen LogP contribution in [0.15, 0.2) is 53.3 Å². The Labute approximate surface area is 274 Å². The minimum absolute atomic E-state index is 0.00532. The van der Waals surface area contributed by atoms with Gasteiger partial charge in [0.05, 0.1) is 41.5 Å². The number of nitrogens with zero attached hydrogens (tertiary/aromatic N) is 2. The van der Waals surface area contributed by atoms with Crippen LogP contribution in [0, 0.1) is 0 Å². The van der Waals surface area contributed by atoms with E-state index in [0.29, 0.717) is 58.3 Å². The van der Waals surface area contributed by atoms with Gasteiger partial charge in [0.2, 0.25) is 0 Å². The molecular formula is C33H38N4O7S2. The Morgan fingerprint density at radius 2 is 1.87 bits per heavy atom. The zero-order chi connectivity index (χ0) is 32.3. The molecule has 0 aliphatic carbocycles. The summed E-state index contributed by atoms with van der Waals surface area (Å²) >= 11 is 2.15. The van der Waals surface area contributed by atoms with Gasteiger partial charge in [0.25, 0.3) is 5.91 Å². The van der Waals surface area contributed by atoms with E-state index in [2.05, 4.69) is 39.5 Å². The summed E-state index contributed by atoms with van der Waals surface area (Å²) in [6.45, 7) is 5.17. The largest absolute Gasteiger partial charge is 0.506 e. The molecule has 11 nitrogen and oxygen atoms in total. The van der Waals surface area contributed by atoms with E-state index in [9.17, 15) is 24.6 Å². The fourth-order valence-corrected chi connectivity index (χ4v) is 8.09. The van der Waals surface area contributed by atoms with Gasteiger partial charge in [-0.3, -0.25) is 14.5 Å². The zero-order valence-electron chi connectivity index (χ0n) is 25.6. The number of aromatic nitrogens is 1. The van der Waals surface area contributed by atoms with Crippen molar-refractivity contribution >= 4 is 44.8 Å². The third-order valence-electron chi connectivity index (χ3n) is 8.78. The van der Waals surface area contributed by atoms with Crippen molar-refractivity contribution in [1.29, 1.82) is 0 Å². The fourth-order valence-electron chi connectivity index (χ4n) is 6.28. The Hall–Kier alpha value is -3.59. The number of thiophene rings is 1. The van der Waals surface area contributed by atoms with Crippen LogP contribution < -0.4 is 10.2 Å². The highest BCUT2D eigenvalue weighted by molar-refractivity contribution is 7.16. The number of likely N-dealkylation sites (tertiary alicyclic amines) is 1. The molecule has 6 rings (SSSR count). The van der Waals surface area contributed by atoms with E-state index >= 15 is 0 Å². The van der Waals surface area contributed by atoms with Crippen molar-refractivity contribution in [3.05, 3.63) is 84.6 Å². The number of ether oxygens (including phenoxy) is 2. The minimum Gasteiger partial charge on any atom is -0.506 e. The Balaban J connectivity index is 0.967. The molecule has 244 valence electrons. The number of aliphatic hydroxyl groups excluding tert-OH is 1. The number of piperidine rings is 1. The summed E-state index contributed by atoms with van der Waals surface area (Å²) in [5.74, 6) is -0.504. The Morgan fingerprint density at radius 3 is 2.67 bits per heavy atom. The molecule has 0 unspecified atom stereocenters. The van der Waals surface area contributed by atoms with Crippen molar-refractivity contribution < 1.29 is 29.3 Å².